The third kappa shape index (κ3) is 3.53. The first kappa shape index (κ1) is 12.7. The molecule has 1 aliphatic heterocycles. The summed E-state index contributed by atoms with van der Waals surface area (Å²) in [5.41, 5.74) is 0. The summed E-state index contributed by atoms with van der Waals surface area (Å²) in [6, 6.07) is 0.276. The van der Waals surface area contributed by atoms with Crippen LogP contribution in [0.2, 0.25) is 0 Å². The van der Waals surface area contributed by atoms with Gasteiger partial charge in [-0.25, -0.2) is 0 Å². The van der Waals surface area contributed by atoms with Crippen LogP contribution < -0.4 is 5.32 Å². The van der Waals surface area contributed by atoms with Crippen molar-refractivity contribution in [2.75, 3.05) is 13.2 Å². The van der Waals surface area contributed by atoms with Gasteiger partial charge in [-0.1, -0.05) is 0 Å². The lowest BCUT2D eigenvalue weighted by atomic mass is 9.92. The maximum atomic E-state index is 11.3. The Kier molecular flexibility index (Phi) is 6.08. The third-order valence-corrected chi connectivity index (χ3v) is 2.35. The Labute approximate surface area is 85.6 Å². The van der Waals surface area contributed by atoms with Gasteiger partial charge < -0.3 is 10.1 Å². The molecule has 0 aliphatic carbocycles. The SMILES string of the molecule is CCOC(=O)[C@H]1CCCN[C@@H]1C.Cl. The summed E-state index contributed by atoms with van der Waals surface area (Å²) in [5.74, 6) is 0.0240. The number of hydrogen-bond donors (Lipinski definition) is 1. The summed E-state index contributed by atoms with van der Waals surface area (Å²) in [6.07, 6.45) is 2.04. The minimum absolute atomic E-state index is 0. The fraction of sp³-hybridized carbons (Fsp3) is 0.889. The number of ether oxygens (including phenoxy) is 1. The second kappa shape index (κ2) is 6.22. The largest absolute Gasteiger partial charge is 0.466 e. The van der Waals surface area contributed by atoms with Crippen LogP contribution >= 0.6 is 12.4 Å². The molecule has 1 heterocycles. The molecule has 3 nitrogen and oxygen atoms in total. The van der Waals surface area contributed by atoms with Crippen LogP contribution in [-0.4, -0.2) is 25.2 Å². The highest BCUT2D eigenvalue weighted by Gasteiger charge is 2.28. The average Bonchev–Trinajstić information content (AvgIpc) is 2.05. The van der Waals surface area contributed by atoms with Crippen molar-refractivity contribution in [3.8, 4) is 0 Å². The van der Waals surface area contributed by atoms with E-state index < -0.39 is 0 Å². The average molecular weight is 208 g/mol. The standard InChI is InChI=1S/C9H17NO2.ClH/c1-3-12-9(11)8-5-4-6-10-7(8)2;/h7-8,10H,3-6H2,1-2H3;1H/t7-,8+;/m1./s1. The van der Waals surface area contributed by atoms with Crippen molar-refractivity contribution in [1.82, 2.24) is 5.32 Å². The van der Waals surface area contributed by atoms with Crippen LogP contribution in [0.3, 0.4) is 0 Å². The molecule has 0 radical (unpaired) electrons. The molecule has 0 aromatic rings. The summed E-state index contributed by atoms with van der Waals surface area (Å²) >= 11 is 0. The number of piperidine rings is 1. The summed E-state index contributed by atoms with van der Waals surface area (Å²) in [5, 5.41) is 3.27. The normalized spacial score (nSPS) is 27.5. The quantitative estimate of drug-likeness (QED) is 0.695. The smallest absolute Gasteiger partial charge is 0.310 e. The molecular formula is C9H18ClNO2. The predicted molar refractivity (Wildman–Crippen MR) is 54.1 cm³/mol. The zero-order chi connectivity index (χ0) is 8.97. The predicted octanol–water partition coefficient (Wildman–Crippen LogP) is 1.36. The molecule has 2 atom stereocenters. The second-order valence-electron chi connectivity index (χ2n) is 3.24. The van der Waals surface area contributed by atoms with Gasteiger partial charge in [-0.2, -0.15) is 0 Å². The Bertz CT molecular complexity index is 164. The number of nitrogens with one attached hydrogen (secondary N) is 1. The first-order chi connectivity index (χ1) is 5.75. The molecule has 0 aromatic heterocycles. The monoisotopic (exact) mass is 207 g/mol. The van der Waals surface area contributed by atoms with Crippen LogP contribution in [-0.2, 0) is 9.53 Å². The summed E-state index contributed by atoms with van der Waals surface area (Å²) in [7, 11) is 0. The van der Waals surface area contributed by atoms with Crippen LogP contribution in [0, 0.1) is 5.92 Å². The second-order valence-corrected chi connectivity index (χ2v) is 3.24. The highest BCUT2D eigenvalue weighted by molar-refractivity contribution is 5.85. The van der Waals surface area contributed by atoms with Gasteiger partial charge >= 0.3 is 5.97 Å². The minimum atomic E-state index is -0.0443. The number of esters is 1. The van der Waals surface area contributed by atoms with Gasteiger partial charge in [-0.05, 0) is 33.2 Å². The molecule has 1 saturated heterocycles. The minimum Gasteiger partial charge on any atom is -0.466 e. The summed E-state index contributed by atoms with van der Waals surface area (Å²) in [4.78, 5) is 11.3. The molecule has 4 heteroatoms. The van der Waals surface area contributed by atoms with Crippen molar-refractivity contribution in [1.29, 1.82) is 0 Å². The van der Waals surface area contributed by atoms with E-state index in [0.717, 1.165) is 19.4 Å². The Morgan fingerprint density at radius 2 is 2.31 bits per heavy atom. The highest BCUT2D eigenvalue weighted by Crippen LogP contribution is 2.17. The van der Waals surface area contributed by atoms with E-state index in [1.165, 1.54) is 0 Å². The van der Waals surface area contributed by atoms with Gasteiger partial charge in [-0.15, -0.1) is 12.4 Å². The number of halogens is 1. The van der Waals surface area contributed by atoms with Gasteiger partial charge in [0.25, 0.3) is 0 Å². The molecule has 1 rings (SSSR count). The lowest BCUT2D eigenvalue weighted by molar-refractivity contribution is -0.149. The summed E-state index contributed by atoms with van der Waals surface area (Å²) < 4.78 is 4.97. The lowest BCUT2D eigenvalue weighted by Crippen LogP contribution is -2.43. The van der Waals surface area contributed by atoms with Crippen LogP contribution in [0.15, 0.2) is 0 Å². The van der Waals surface area contributed by atoms with Crippen molar-refractivity contribution in [2.24, 2.45) is 5.92 Å². The van der Waals surface area contributed by atoms with Crippen LogP contribution in [0.4, 0.5) is 0 Å². The molecule has 13 heavy (non-hydrogen) atoms. The third-order valence-electron chi connectivity index (χ3n) is 2.35. The zero-order valence-electron chi connectivity index (χ0n) is 8.21. The Balaban J connectivity index is 0.00000144. The molecular weight excluding hydrogens is 190 g/mol. The molecule has 1 N–H and O–H groups in total. The zero-order valence-corrected chi connectivity index (χ0v) is 9.02. The molecule has 0 aromatic carbocycles. The van der Waals surface area contributed by atoms with E-state index in [9.17, 15) is 4.79 Å². The van der Waals surface area contributed by atoms with E-state index in [1.54, 1.807) is 0 Å². The number of carbonyl (C=O) groups is 1. The fourth-order valence-electron chi connectivity index (χ4n) is 1.62. The fourth-order valence-corrected chi connectivity index (χ4v) is 1.62. The molecule has 0 spiro atoms. The van der Waals surface area contributed by atoms with Crippen LogP contribution in [0.1, 0.15) is 26.7 Å². The van der Waals surface area contributed by atoms with E-state index in [0.29, 0.717) is 6.61 Å². The van der Waals surface area contributed by atoms with Crippen LogP contribution in [0.5, 0.6) is 0 Å². The highest BCUT2D eigenvalue weighted by atomic mass is 35.5. The number of carbonyl (C=O) groups excluding carboxylic acids is 1. The van der Waals surface area contributed by atoms with Crippen molar-refractivity contribution in [2.45, 2.75) is 32.7 Å². The Hall–Kier alpha value is -0.280. The van der Waals surface area contributed by atoms with Crippen molar-refractivity contribution < 1.29 is 9.53 Å². The first-order valence-corrected chi connectivity index (χ1v) is 4.65. The molecule has 1 fully saturated rings. The van der Waals surface area contributed by atoms with E-state index in [-0.39, 0.29) is 30.3 Å². The number of rotatable bonds is 2. The maximum absolute atomic E-state index is 11.3. The van der Waals surface area contributed by atoms with Gasteiger partial charge in [0.05, 0.1) is 12.5 Å². The summed E-state index contributed by atoms with van der Waals surface area (Å²) in [6.45, 7) is 5.40. The first-order valence-electron chi connectivity index (χ1n) is 4.65. The van der Waals surface area contributed by atoms with Crippen molar-refractivity contribution in [3.05, 3.63) is 0 Å². The molecule has 0 bridgehead atoms. The molecule has 0 amide bonds. The van der Waals surface area contributed by atoms with E-state index in [2.05, 4.69) is 5.32 Å². The Morgan fingerprint density at radius 1 is 1.62 bits per heavy atom. The topological polar surface area (TPSA) is 38.3 Å². The number of hydrogen-bond acceptors (Lipinski definition) is 3. The van der Waals surface area contributed by atoms with E-state index >= 15 is 0 Å². The molecule has 0 saturated carbocycles. The lowest BCUT2D eigenvalue weighted by Gasteiger charge is -2.27. The van der Waals surface area contributed by atoms with Crippen molar-refractivity contribution >= 4 is 18.4 Å². The molecule has 1 aliphatic rings. The van der Waals surface area contributed by atoms with Gasteiger partial charge in [0.1, 0.15) is 0 Å². The van der Waals surface area contributed by atoms with Gasteiger partial charge in [0.15, 0.2) is 0 Å². The maximum Gasteiger partial charge on any atom is 0.310 e. The van der Waals surface area contributed by atoms with Gasteiger partial charge in [0.2, 0.25) is 0 Å². The van der Waals surface area contributed by atoms with E-state index in [4.69, 9.17) is 4.74 Å². The van der Waals surface area contributed by atoms with Crippen molar-refractivity contribution in [3.63, 3.8) is 0 Å². The molecule has 78 valence electrons. The van der Waals surface area contributed by atoms with Gasteiger partial charge in [0, 0.05) is 6.04 Å². The Morgan fingerprint density at radius 3 is 2.85 bits per heavy atom. The van der Waals surface area contributed by atoms with Crippen LogP contribution in [0.25, 0.3) is 0 Å². The van der Waals surface area contributed by atoms with E-state index in [1.807, 2.05) is 13.8 Å². The van der Waals surface area contributed by atoms with Gasteiger partial charge in [-0.3, -0.25) is 4.79 Å². The molecule has 0 unspecified atom stereocenters.